The van der Waals surface area contributed by atoms with E-state index in [0.717, 1.165) is 25.8 Å². The van der Waals surface area contributed by atoms with Crippen molar-refractivity contribution in [1.29, 1.82) is 0 Å². The highest BCUT2D eigenvalue weighted by Gasteiger charge is 2.56. The van der Waals surface area contributed by atoms with Crippen LogP contribution in [0.1, 0.15) is 59.3 Å². The summed E-state index contributed by atoms with van der Waals surface area (Å²) in [7, 11) is 0. The molecule has 2 saturated heterocycles. The predicted molar refractivity (Wildman–Crippen MR) is 72.0 cm³/mol. The Labute approximate surface area is 115 Å². The number of fused-ring (bicyclic) bond motifs is 1. The summed E-state index contributed by atoms with van der Waals surface area (Å²) in [6, 6.07) is 0. The summed E-state index contributed by atoms with van der Waals surface area (Å²) < 4.78 is 11.3. The fourth-order valence-electron chi connectivity index (χ4n) is 3.65. The summed E-state index contributed by atoms with van der Waals surface area (Å²) in [6.45, 7) is 6.51. The third kappa shape index (κ3) is 2.60. The van der Waals surface area contributed by atoms with Gasteiger partial charge in [0, 0.05) is 5.54 Å². The zero-order valence-electron chi connectivity index (χ0n) is 12.3. The molecule has 0 aromatic carbocycles. The van der Waals surface area contributed by atoms with Crippen LogP contribution in [0.25, 0.3) is 0 Å². The van der Waals surface area contributed by atoms with Crippen LogP contribution in [-0.2, 0) is 9.47 Å². The van der Waals surface area contributed by atoms with Crippen LogP contribution in [0.2, 0.25) is 0 Å². The monoisotopic (exact) mass is 267 g/mol. The van der Waals surface area contributed by atoms with Crippen molar-refractivity contribution in [1.82, 2.24) is 4.90 Å². The number of rotatable bonds is 0. The maximum absolute atomic E-state index is 12.5. The van der Waals surface area contributed by atoms with Gasteiger partial charge in [-0.05, 0) is 40.0 Å². The Morgan fingerprint density at radius 3 is 2.53 bits per heavy atom. The Hall–Kier alpha value is -0.770. The van der Waals surface area contributed by atoms with Gasteiger partial charge < -0.3 is 9.47 Å². The summed E-state index contributed by atoms with van der Waals surface area (Å²) in [5, 5.41) is 0. The van der Waals surface area contributed by atoms with E-state index in [-0.39, 0.29) is 17.7 Å². The molecule has 1 amide bonds. The zero-order valence-corrected chi connectivity index (χ0v) is 12.3. The van der Waals surface area contributed by atoms with Gasteiger partial charge in [-0.1, -0.05) is 19.3 Å². The van der Waals surface area contributed by atoms with Crippen molar-refractivity contribution in [3.05, 3.63) is 0 Å². The Kier molecular flexibility index (Phi) is 3.04. The van der Waals surface area contributed by atoms with Gasteiger partial charge in [-0.2, -0.15) is 0 Å². The lowest BCUT2D eigenvalue weighted by molar-refractivity contribution is -0.0219. The van der Waals surface area contributed by atoms with Crippen LogP contribution >= 0.6 is 0 Å². The first-order chi connectivity index (χ1) is 8.90. The molecule has 0 radical (unpaired) electrons. The molecule has 1 saturated carbocycles. The first-order valence-corrected chi connectivity index (χ1v) is 7.56. The molecular weight excluding hydrogens is 242 g/mol. The number of hydrogen-bond donors (Lipinski definition) is 0. The molecule has 4 heteroatoms. The zero-order chi connectivity index (χ0) is 13.7. The molecule has 3 fully saturated rings. The topological polar surface area (TPSA) is 42.1 Å². The van der Waals surface area contributed by atoms with Gasteiger partial charge >= 0.3 is 6.09 Å². The van der Waals surface area contributed by atoms with Crippen LogP contribution in [0.4, 0.5) is 4.79 Å². The third-order valence-electron chi connectivity index (χ3n) is 4.60. The summed E-state index contributed by atoms with van der Waals surface area (Å²) >= 11 is 0. The first-order valence-electron chi connectivity index (χ1n) is 7.56. The van der Waals surface area contributed by atoms with E-state index >= 15 is 0 Å². The van der Waals surface area contributed by atoms with Crippen LogP contribution in [0, 0.1) is 0 Å². The minimum atomic E-state index is -0.422. The van der Waals surface area contributed by atoms with Crippen molar-refractivity contribution < 1.29 is 14.3 Å². The van der Waals surface area contributed by atoms with Crippen LogP contribution in [-0.4, -0.2) is 40.9 Å². The smallest absolute Gasteiger partial charge is 0.410 e. The van der Waals surface area contributed by atoms with E-state index < -0.39 is 5.60 Å². The standard InChI is InChI=1S/C15H25NO3/c1-14(2,3)19-13(17)16-10-12-11(18-12)9-15(16)7-5-4-6-8-15/h11-12H,4-10H2,1-3H3. The molecule has 4 nitrogen and oxygen atoms in total. The number of amides is 1. The number of hydrogen-bond acceptors (Lipinski definition) is 3. The highest BCUT2D eigenvalue weighted by Crippen LogP contribution is 2.47. The van der Waals surface area contributed by atoms with E-state index in [9.17, 15) is 4.79 Å². The molecule has 1 aliphatic carbocycles. The number of carbonyl (C=O) groups is 1. The minimum absolute atomic E-state index is 0.0122. The third-order valence-corrected chi connectivity index (χ3v) is 4.60. The van der Waals surface area contributed by atoms with Crippen molar-refractivity contribution in [3.63, 3.8) is 0 Å². The van der Waals surface area contributed by atoms with Crippen LogP contribution in [0.15, 0.2) is 0 Å². The lowest BCUT2D eigenvalue weighted by Crippen LogP contribution is -2.58. The molecule has 3 rings (SSSR count). The molecule has 2 atom stereocenters. The summed E-state index contributed by atoms with van der Waals surface area (Å²) in [5.74, 6) is 0. The first kappa shape index (κ1) is 13.2. The quantitative estimate of drug-likeness (QED) is 0.633. The number of piperidine rings is 1. The molecule has 2 unspecified atom stereocenters. The predicted octanol–water partition coefficient (Wildman–Crippen LogP) is 3.10. The molecule has 2 heterocycles. The van der Waals surface area contributed by atoms with Gasteiger partial charge in [0.2, 0.25) is 0 Å². The molecule has 19 heavy (non-hydrogen) atoms. The lowest BCUT2D eigenvalue weighted by Gasteiger charge is -2.48. The number of nitrogens with zero attached hydrogens (tertiary/aromatic N) is 1. The molecule has 2 aliphatic heterocycles. The largest absolute Gasteiger partial charge is 0.444 e. The molecule has 3 aliphatic rings. The molecular formula is C15H25NO3. The minimum Gasteiger partial charge on any atom is -0.444 e. The van der Waals surface area contributed by atoms with Gasteiger partial charge in [-0.25, -0.2) is 4.79 Å². The average Bonchev–Trinajstić information content (AvgIpc) is 3.04. The molecule has 0 N–H and O–H groups in total. The number of ether oxygens (including phenoxy) is 2. The van der Waals surface area contributed by atoms with Crippen LogP contribution in [0.3, 0.4) is 0 Å². The van der Waals surface area contributed by atoms with E-state index in [2.05, 4.69) is 0 Å². The Balaban J connectivity index is 1.77. The van der Waals surface area contributed by atoms with Gasteiger partial charge in [0.05, 0.1) is 12.6 Å². The summed E-state index contributed by atoms with van der Waals surface area (Å²) in [6.07, 6.45) is 7.47. The Morgan fingerprint density at radius 1 is 1.21 bits per heavy atom. The van der Waals surface area contributed by atoms with Crippen molar-refractivity contribution in [2.24, 2.45) is 0 Å². The maximum Gasteiger partial charge on any atom is 0.410 e. The fraction of sp³-hybridized carbons (Fsp3) is 0.933. The summed E-state index contributed by atoms with van der Waals surface area (Å²) in [4.78, 5) is 14.5. The maximum atomic E-state index is 12.5. The molecule has 0 aromatic rings. The molecule has 1 spiro atoms. The normalized spacial score (nSPS) is 32.9. The van der Waals surface area contributed by atoms with E-state index in [1.807, 2.05) is 25.7 Å². The Morgan fingerprint density at radius 2 is 1.89 bits per heavy atom. The molecule has 0 aromatic heterocycles. The lowest BCUT2D eigenvalue weighted by atomic mass is 9.75. The van der Waals surface area contributed by atoms with Crippen molar-refractivity contribution >= 4 is 6.09 Å². The van der Waals surface area contributed by atoms with E-state index in [0.29, 0.717) is 6.10 Å². The van der Waals surface area contributed by atoms with Gasteiger partial charge in [0.25, 0.3) is 0 Å². The highest BCUT2D eigenvalue weighted by atomic mass is 16.6. The van der Waals surface area contributed by atoms with Crippen molar-refractivity contribution in [2.75, 3.05) is 6.54 Å². The van der Waals surface area contributed by atoms with Crippen LogP contribution in [0.5, 0.6) is 0 Å². The Bertz CT molecular complexity index is 368. The van der Waals surface area contributed by atoms with Crippen molar-refractivity contribution in [2.45, 2.75) is 82.6 Å². The fourth-order valence-corrected chi connectivity index (χ4v) is 3.65. The number of likely N-dealkylation sites (tertiary alicyclic amines) is 1. The average molecular weight is 267 g/mol. The van der Waals surface area contributed by atoms with E-state index in [1.54, 1.807) is 0 Å². The second kappa shape index (κ2) is 4.37. The van der Waals surface area contributed by atoms with E-state index in [1.165, 1.54) is 19.3 Å². The second-order valence-corrected chi connectivity index (χ2v) is 7.29. The SMILES string of the molecule is CC(C)(C)OC(=O)N1CC2OC2CC12CCCCC2. The van der Waals surface area contributed by atoms with E-state index in [4.69, 9.17) is 9.47 Å². The van der Waals surface area contributed by atoms with Gasteiger partial charge in [-0.15, -0.1) is 0 Å². The number of carbonyl (C=O) groups excluding carboxylic acids is 1. The number of epoxide rings is 1. The molecule has 0 bridgehead atoms. The second-order valence-electron chi connectivity index (χ2n) is 7.29. The van der Waals surface area contributed by atoms with Crippen molar-refractivity contribution in [3.8, 4) is 0 Å². The van der Waals surface area contributed by atoms with Crippen LogP contribution < -0.4 is 0 Å². The summed E-state index contributed by atoms with van der Waals surface area (Å²) in [5.41, 5.74) is -0.410. The van der Waals surface area contributed by atoms with Gasteiger partial charge in [0.15, 0.2) is 0 Å². The van der Waals surface area contributed by atoms with Gasteiger partial charge in [-0.3, -0.25) is 4.90 Å². The van der Waals surface area contributed by atoms with Gasteiger partial charge in [0.1, 0.15) is 11.7 Å². The molecule has 108 valence electrons. The highest BCUT2D eigenvalue weighted by molar-refractivity contribution is 5.69.